The minimum atomic E-state index is -4.54. The van der Waals surface area contributed by atoms with Gasteiger partial charge in [0.05, 0.1) is 19.2 Å². The smallest absolute Gasteiger partial charge is 0.416 e. The van der Waals surface area contributed by atoms with Crippen LogP contribution in [0.5, 0.6) is 11.5 Å². The number of nitrogens with zero attached hydrogens (tertiary/aromatic N) is 1. The Balaban J connectivity index is 1.37. The number of halogens is 3. The number of alkyl halides is 3. The fraction of sp³-hybridized carbons (Fsp3) is 0.417. The van der Waals surface area contributed by atoms with Gasteiger partial charge in [-0.1, -0.05) is 12.1 Å². The third kappa shape index (κ3) is 7.11. The van der Waals surface area contributed by atoms with Crippen molar-refractivity contribution < 1.29 is 32.6 Å². The molecule has 3 rings (SSSR count). The Morgan fingerprint density at radius 2 is 1.85 bits per heavy atom. The maximum atomic E-state index is 12.8. The van der Waals surface area contributed by atoms with Gasteiger partial charge in [-0.05, 0) is 67.7 Å². The number of carbonyl (C=O) groups excluding carboxylic acids is 2. The molecule has 0 saturated carbocycles. The normalized spacial score (nSPS) is 15.1. The molecule has 0 aliphatic carbocycles. The van der Waals surface area contributed by atoms with Gasteiger partial charge in [-0.25, -0.2) is 0 Å². The molecule has 1 fully saturated rings. The van der Waals surface area contributed by atoms with Crippen LogP contribution in [0.25, 0.3) is 0 Å². The average Bonchev–Trinajstić information content (AvgIpc) is 2.82. The van der Waals surface area contributed by atoms with Crippen LogP contribution in [0.4, 0.5) is 13.2 Å². The first kappa shape index (κ1) is 25.4. The van der Waals surface area contributed by atoms with Crippen molar-refractivity contribution in [2.45, 2.75) is 25.6 Å². The van der Waals surface area contributed by atoms with Gasteiger partial charge in [-0.3, -0.25) is 14.5 Å². The Morgan fingerprint density at radius 1 is 1.12 bits per heavy atom. The molecule has 2 aromatic carbocycles. The fourth-order valence-corrected chi connectivity index (χ4v) is 3.86. The fourth-order valence-electron chi connectivity index (χ4n) is 3.86. The lowest BCUT2D eigenvalue weighted by atomic mass is 9.96. The number of rotatable bonds is 8. The summed E-state index contributed by atoms with van der Waals surface area (Å²) in [7, 11) is 1.50. The van der Waals surface area contributed by atoms with Crippen molar-refractivity contribution in [1.29, 1.82) is 0 Å². The molecule has 0 radical (unpaired) electrons. The van der Waals surface area contributed by atoms with Gasteiger partial charge in [0, 0.05) is 18.7 Å². The Labute approximate surface area is 195 Å². The molecular weight excluding hydrogens is 451 g/mol. The van der Waals surface area contributed by atoms with E-state index in [1.54, 1.807) is 12.1 Å². The molecule has 1 saturated heterocycles. The van der Waals surface area contributed by atoms with Crippen molar-refractivity contribution in [3.63, 3.8) is 0 Å². The van der Waals surface area contributed by atoms with Gasteiger partial charge in [0.2, 0.25) is 5.91 Å². The maximum Gasteiger partial charge on any atom is 0.416 e. The molecule has 184 valence electrons. The number of ether oxygens (including phenoxy) is 1. The lowest BCUT2D eigenvalue weighted by Crippen LogP contribution is -2.41. The van der Waals surface area contributed by atoms with Gasteiger partial charge < -0.3 is 20.5 Å². The van der Waals surface area contributed by atoms with Gasteiger partial charge >= 0.3 is 6.18 Å². The monoisotopic (exact) mass is 479 g/mol. The molecule has 1 heterocycles. The number of amides is 2. The van der Waals surface area contributed by atoms with Crippen LogP contribution in [-0.2, 0) is 17.5 Å². The lowest BCUT2D eigenvalue weighted by molar-refractivity contribution is -0.137. The molecule has 0 bridgehead atoms. The first-order valence-electron chi connectivity index (χ1n) is 11.0. The second-order valence-corrected chi connectivity index (χ2v) is 8.29. The molecule has 0 spiro atoms. The Hall–Kier alpha value is -3.27. The summed E-state index contributed by atoms with van der Waals surface area (Å²) in [6.07, 6.45) is -2.77. The lowest BCUT2D eigenvalue weighted by Gasteiger charge is -2.32. The number of methoxy groups -OCH3 is 1. The summed E-state index contributed by atoms with van der Waals surface area (Å²) in [5, 5.41) is 15.1. The van der Waals surface area contributed by atoms with Crippen molar-refractivity contribution in [3.8, 4) is 11.5 Å². The Morgan fingerprint density at radius 3 is 2.50 bits per heavy atom. The Kier molecular flexibility index (Phi) is 8.38. The number of piperidine rings is 1. The van der Waals surface area contributed by atoms with Crippen molar-refractivity contribution in [3.05, 3.63) is 59.2 Å². The third-order valence-corrected chi connectivity index (χ3v) is 5.81. The zero-order valence-electron chi connectivity index (χ0n) is 18.8. The highest BCUT2D eigenvalue weighted by atomic mass is 19.4. The van der Waals surface area contributed by atoms with Crippen LogP contribution < -0.4 is 15.4 Å². The van der Waals surface area contributed by atoms with E-state index in [0.29, 0.717) is 24.8 Å². The van der Waals surface area contributed by atoms with Gasteiger partial charge in [0.15, 0.2) is 11.5 Å². The average molecular weight is 479 g/mol. The number of phenolic OH excluding ortho intramolecular Hbond substituents is 1. The molecule has 34 heavy (non-hydrogen) atoms. The van der Waals surface area contributed by atoms with Gasteiger partial charge in [-0.2, -0.15) is 13.2 Å². The predicted molar refractivity (Wildman–Crippen MR) is 119 cm³/mol. The van der Waals surface area contributed by atoms with E-state index in [4.69, 9.17) is 4.74 Å². The molecule has 7 nitrogen and oxygen atoms in total. The van der Waals surface area contributed by atoms with Crippen LogP contribution in [0, 0.1) is 5.92 Å². The largest absolute Gasteiger partial charge is 0.504 e. The number of hydrogen-bond acceptors (Lipinski definition) is 5. The van der Waals surface area contributed by atoms with E-state index < -0.39 is 23.6 Å². The van der Waals surface area contributed by atoms with Crippen molar-refractivity contribution >= 4 is 11.8 Å². The molecule has 0 unspecified atom stereocenters. The number of aromatic hydroxyl groups is 1. The van der Waals surface area contributed by atoms with Crippen LogP contribution in [0.15, 0.2) is 42.5 Å². The van der Waals surface area contributed by atoms with E-state index in [-0.39, 0.29) is 17.9 Å². The summed E-state index contributed by atoms with van der Waals surface area (Å²) in [5.74, 6) is -0.291. The van der Waals surface area contributed by atoms with Gasteiger partial charge in [0.25, 0.3) is 5.91 Å². The van der Waals surface area contributed by atoms with Crippen LogP contribution in [-0.4, -0.2) is 55.1 Å². The first-order valence-corrected chi connectivity index (χ1v) is 11.0. The van der Waals surface area contributed by atoms with Crippen LogP contribution >= 0.6 is 0 Å². The number of phenols is 1. The number of likely N-dealkylation sites (tertiary alicyclic amines) is 1. The van der Waals surface area contributed by atoms with Crippen LogP contribution in [0.2, 0.25) is 0 Å². The van der Waals surface area contributed by atoms with Crippen molar-refractivity contribution in [2.75, 3.05) is 33.3 Å². The van der Waals surface area contributed by atoms with E-state index in [0.717, 1.165) is 49.7 Å². The van der Waals surface area contributed by atoms with Crippen LogP contribution in [0.1, 0.15) is 34.3 Å². The standard InChI is InChI=1S/C24H28F3N3O4/c1-34-21-6-5-17(11-20(21)31)15-30-9-7-16(8-10-30)13-28-22(32)14-29-23(33)18-3-2-4-19(12-18)24(25,26)27/h2-6,11-12,16,31H,7-10,13-15H2,1H3,(H,28,32)(H,29,33). The quantitative estimate of drug-likeness (QED) is 0.541. The first-order chi connectivity index (χ1) is 16.2. The zero-order chi connectivity index (χ0) is 24.7. The summed E-state index contributed by atoms with van der Waals surface area (Å²) in [5.41, 5.74) is -0.0820. The SMILES string of the molecule is COc1ccc(CN2CCC(CNC(=O)CNC(=O)c3cccc(C(F)(F)F)c3)CC2)cc1O. The molecule has 2 amide bonds. The second kappa shape index (κ2) is 11.2. The van der Waals surface area contributed by atoms with E-state index in [1.165, 1.54) is 13.2 Å². The summed E-state index contributed by atoms with van der Waals surface area (Å²) in [4.78, 5) is 26.5. The molecule has 0 aromatic heterocycles. The summed E-state index contributed by atoms with van der Waals surface area (Å²) in [6, 6.07) is 9.41. The van der Waals surface area contributed by atoms with Gasteiger partial charge in [-0.15, -0.1) is 0 Å². The minimum absolute atomic E-state index is 0.109. The van der Waals surface area contributed by atoms with E-state index >= 15 is 0 Å². The third-order valence-electron chi connectivity index (χ3n) is 5.81. The molecule has 1 aliphatic heterocycles. The summed E-state index contributed by atoms with van der Waals surface area (Å²) in [6.45, 7) is 2.56. The number of nitrogens with one attached hydrogen (secondary N) is 2. The van der Waals surface area contributed by atoms with Crippen LogP contribution in [0.3, 0.4) is 0 Å². The number of benzene rings is 2. The topological polar surface area (TPSA) is 90.9 Å². The number of carbonyl (C=O) groups is 2. The molecule has 2 aromatic rings. The minimum Gasteiger partial charge on any atom is -0.504 e. The zero-order valence-corrected chi connectivity index (χ0v) is 18.8. The highest BCUT2D eigenvalue weighted by Gasteiger charge is 2.31. The molecule has 0 atom stereocenters. The maximum absolute atomic E-state index is 12.8. The van der Waals surface area contributed by atoms with Gasteiger partial charge in [0.1, 0.15) is 0 Å². The molecule has 3 N–H and O–H groups in total. The highest BCUT2D eigenvalue weighted by molar-refractivity contribution is 5.96. The highest BCUT2D eigenvalue weighted by Crippen LogP contribution is 2.30. The second-order valence-electron chi connectivity index (χ2n) is 8.29. The van der Waals surface area contributed by atoms with Crippen molar-refractivity contribution in [1.82, 2.24) is 15.5 Å². The van der Waals surface area contributed by atoms with E-state index in [1.807, 2.05) is 6.07 Å². The van der Waals surface area contributed by atoms with E-state index in [9.17, 15) is 27.9 Å². The predicted octanol–water partition coefficient (Wildman–Crippen LogP) is 3.18. The summed E-state index contributed by atoms with van der Waals surface area (Å²) >= 11 is 0. The van der Waals surface area contributed by atoms with Crippen molar-refractivity contribution in [2.24, 2.45) is 5.92 Å². The number of hydrogen-bond donors (Lipinski definition) is 3. The molecule has 10 heteroatoms. The molecule has 1 aliphatic rings. The molecular formula is C24H28F3N3O4. The summed E-state index contributed by atoms with van der Waals surface area (Å²) < 4.78 is 43.4. The van der Waals surface area contributed by atoms with E-state index in [2.05, 4.69) is 15.5 Å². The Bertz CT molecular complexity index is 1010.